The monoisotopic (exact) mass is 449 g/mol. The van der Waals surface area contributed by atoms with Gasteiger partial charge in [0.2, 0.25) is 5.43 Å². The van der Waals surface area contributed by atoms with E-state index < -0.39 is 52.9 Å². The first kappa shape index (κ1) is 21.9. The van der Waals surface area contributed by atoms with Crippen molar-refractivity contribution in [3.63, 3.8) is 0 Å². The summed E-state index contributed by atoms with van der Waals surface area (Å²) in [6.45, 7) is 1.09. The molecule has 10 heteroatoms. The molecule has 2 bridgehead atoms. The number of alkyl halides is 1. The summed E-state index contributed by atoms with van der Waals surface area (Å²) in [7, 11) is 0. The molecule has 1 aromatic carbocycles. The van der Waals surface area contributed by atoms with E-state index in [4.69, 9.17) is 0 Å². The Morgan fingerprint density at radius 1 is 1.25 bits per heavy atom. The predicted octanol–water partition coefficient (Wildman–Crippen LogP) is 2.53. The normalized spacial score (nSPS) is 22.3. The molecule has 0 unspecified atom stereocenters. The summed E-state index contributed by atoms with van der Waals surface area (Å²) in [5, 5.41) is 12.9. The van der Waals surface area contributed by atoms with Gasteiger partial charge in [-0.05, 0) is 24.8 Å². The average Bonchev–Trinajstić information content (AvgIpc) is 2.90. The Hall–Kier alpha value is -3.30. The van der Waals surface area contributed by atoms with E-state index in [1.165, 1.54) is 21.7 Å². The SMILES string of the molecule is C[C@@H]1CC[C@H](CF)N2C[C@H]1n1cc(C(=O)NCc3ccc(F)cc3F)c(=O)c(O)c1C2=O. The second kappa shape index (κ2) is 8.33. The number of aromatic hydroxyl groups is 1. The molecule has 1 saturated heterocycles. The number of hydrogen-bond donors (Lipinski definition) is 2. The van der Waals surface area contributed by atoms with Crippen molar-refractivity contribution in [1.29, 1.82) is 0 Å². The van der Waals surface area contributed by atoms with E-state index in [1.807, 2.05) is 6.92 Å². The van der Waals surface area contributed by atoms with Crippen molar-refractivity contribution in [2.75, 3.05) is 13.2 Å². The molecule has 2 amide bonds. The van der Waals surface area contributed by atoms with Crippen LogP contribution in [0.4, 0.5) is 13.2 Å². The fourth-order valence-corrected chi connectivity index (χ4v) is 4.43. The minimum Gasteiger partial charge on any atom is -0.503 e. The Morgan fingerprint density at radius 3 is 2.69 bits per heavy atom. The molecule has 2 aliphatic heterocycles. The molecule has 32 heavy (non-hydrogen) atoms. The van der Waals surface area contributed by atoms with E-state index in [9.17, 15) is 32.7 Å². The Bertz CT molecular complexity index is 1150. The third kappa shape index (κ3) is 3.63. The van der Waals surface area contributed by atoms with Gasteiger partial charge in [0.15, 0.2) is 11.4 Å². The summed E-state index contributed by atoms with van der Waals surface area (Å²) >= 11 is 0. The predicted molar refractivity (Wildman–Crippen MR) is 108 cm³/mol. The van der Waals surface area contributed by atoms with Crippen LogP contribution < -0.4 is 10.7 Å². The number of rotatable bonds is 4. The topological polar surface area (TPSA) is 91.6 Å². The van der Waals surface area contributed by atoms with Crippen molar-refractivity contribution in [2.24, 2.45) is 5.92 Å². The Kier molecular flexibility index (Phi) is 5.70. The first-order valence-electron chi connectivity index (χ1n) is 10.3. The molecule has 170 valence electrons. The molecule has 0 spiro atoms. The zero-order valence-corrected chi connectivity index (χ0v) is 17.3. The quantitative estimate of drug-likeness (QED) is 0.751. The van der Waals surface area contributed by atoms with Gasteiger partial charge in [-0.3, -0.25) is 14.4 Å². The third-order valence-corrected chi connectivity index (χ3v) is 6.34. The molecule has 2 N–H and O–H groups in total. The summed E-state index contributed by atoms with van der Waals surface area (Å²) in [5.74, 6) is -4.03. The molecule has 4 rings (SSSR count). The second-order valence-electron chi connectivity index (χ2n) is 8.28. The van der Waals surface area contributed by atoms with Crippen molar-refractivity contribution in [2.45, 2.75) is 38.4 Å². The molecule has 0 radical (unpaired) electrons. The maximum atomic E-state index is 13.8. The Labute approximate surface area is 181 Å². The Morgan fingerprint density at radius 2 is 2.00 bits per heavy atom. The molecule has 2 aliphatic rings. The lowest BCUT2D eigenvalue weighted by atomic mass is 9.95. The van der Waals surface area contributed by atoms with Crippen LogP contribution in [-0.4, -0.2) is 45.6 Å². The number of benzene rings is 1. The molecule has 2 aromatic rings. The minimum atomic E-state index is -1.05. The highest BCUT2D eigenvalue weighted by molar-refractivity contribution is 5.99. The van der Waals surface area contributed by atoms with Crippen molar-refractivity contribution < 1.29 is 27.9 Å². The lowest BCUT2D eigenvalue weighted by Gasteiger charge is -2.38. The first-order valence-corrected chi connectivity index (χ1v) is 10.3. The van der Waals surface area contributed by atoms with Gasteiger partial charge in [-0.15, -0.1) is 0 Å². The molecular formula is C22H22F3N3O4. The summed E-state index contributed by atoms with van der Waals surface area (Å²) in [5.41, 5.74) is -1.71. The van der Waals surface area contributed by atoms with Crippen LogP contribution in [0.1, 0.15) is 52.2 Å². The highest BCUT2D eigenvalue weighted by atomic mass is 19.1. The summed E-state index contributed by atoms with van der Waals surface area (Å²) in [4.78, 5) is 39.7. The number of hydrogen-bond acceptors (Lipinski definition) is 4. The van der Waals surface area contributed by atoms with Gasteiger partial charge in [0.05, 0.1) is 12.1 Å². The standard InChI is InChI=1S/C22H22F3N3O4/c1-11-2-5-14(7-23)27-10-17(11)28-9-15(19(29)20(30)18(28)22(27)32)21(31)26-8-12-3-4-13(24)6-16(12)25/h3-4,6,9,11,14,17,30H,2,5,7-8,10H2,1H3,(H,26,31)/t11-,14-,17-/m1/s1. The molecule has 1 aromatic heterocycles. The van der Waals surface area contributed by atoms with Gasteiger partial charge in [0.25, 0.3) is 11.8 Å². The first-order chi connectivity index (χ1) is 15.2. The van der Waals surface area contributed by atoms with Crippen molar-refractivity contribution >= 4 is 11.8 Å². The van der Waals surface area contributed by atoms with Crippen LogP contribution in [0.2, 0.25) is 0 Å². The lowest BCUT2D eigenvalue weighted by Crippen LogP contribution is -2.49. The summed E-state index contributed by atoms with van der Waals surface area (Å²) in [6, 6.07) is 1.90. The van der Waals surface area contributed by atoms with Gasteiger partial charge in [0, 0.05) is 30.9 Å². The van der Waals surface area contributed by atoms with E-state index >= 15 is 0 Å². The number of carbonyl (C=O) groups is 2. The van der Waals surface area contributed by atoms with E-state index in [2.05, 4.69) is 5.32 Å². The number of carbonyl (C=O) groups excluding carboxylic acids is 2. The molecule has 3 heterocycles. The molecule has 1 fully saturated rings. The zero-order chi connectivity index (χ0) is 23.2. The summed E-state index contributed by atoms with van der Waals surface area (Å²) in [6.07, 6.45) is 2.30. The molecule has 3 atom stereocenters. The van der Waals surface area contributed by atoms with Crippen molar-refractivity contribution in [3.05, 3.63) is 63.1 Å². The van der Waals surface area contributed by atoms with Gasteiger partial charge in [-0.1, -0.05) is 13.0 Å². The molecule has 7 nitrogen and oxygen atoms in total. The van der Waals surface area contributed by atoms with Gasteiger partial charge in [0.1, 0.15) is 23.9 Å². The van der Waals surface area contributed by atoms with Crippen LogP contribution in [0.5, 0.6) is 5.75 Å². The largest absolute Gasteiger partial charge is 0.503 e. The van der Waals surface area contributed by atoms with Gasteiger partial charge < -0.3 is 19.9 Å². The minimum absolute atomic E-state index is 0.00738. The second-order valence-corrected chi connectivity index (χ2v) is 8.28. The van der Waals surface area contributed by atoms with Crippen LogP contribution >= 0.6 is 0 Å². The van der Waals surface area contributed by atoms with Crippen LogP contribution in [0, 0.1) is 17.6 Å². The third-order valence-electron chi connectivity index (χ3n) is 6.34. The fourth-order valence-electron chi connectivity index (χ4n) is 4.43. The van der Waals surface area contributed by atoms with E-state index in [0.717, 1.165) is 6.07 Å². The summed E-state index contributed by atoms with van der Waals surface area (Å²) < 4.78 is 41.8. The maximum absolute atomic E-state index is 13.8. The number of pyridine rings is 1. The average molecular weight is 449 g/mol. The highest BCUT2D eigenvalue weighted by Crippen LogP contribution is 2.37. The number of nitrogens with one attached hydrogen (secondary N) is 1. The van der Waals surface area contributed by atoms with Crippen LogP contribution in [0.3, 0.4) is 0 Å². The van der Waals surface area contributed by atoms with Crippen LogP contribution in [0.15, 0.2) is 29.2 Å². The van der Waals surface area contributed by atoms with Gasteiger partial charge >= 0.3 is 0 Å². The van der Waals surface area contributed by atoms with Crippen molar-refractivity contribution in [1.82, 2.24) is 14.8 Å². The Balaban J connectivity index is 1.69. The maximum Gasteiger partial charge on any atom is 0.274 e. The van der Waals surface area contributed by atoms with E-state index in [0.29, 0.717) is 18.9 Å². The van der Waals surface area contributed by atoms with Gasteiger partial charge in [-0.2, -0.15) is 0 Å². The molecular weight excluding hydrogens is 427 g/mol. The number of aromatic nitrogens is 1. The number of halogens is 3. The fraction of sp³-hybridized carbons (Fsp3) is 0.409. The van der Waals surface area contributed by atoms with E-state index in [1.54, 1.807) is 0 Å². The molecule has 0 aliphatic carbocycles. The van der Waals surface area contributed by atoms with E-state index in [-0.39, 0.29) is 36.3 Å². The number of nitrogens with zero attached hydrogens (tertiary/aromatic N) is 2. The molecule has 0 saturated carbocycles. The zero-order valence-electron chi connectivity index (χ0n) is 17.3. The van der Waals surface area contributed by atoms with Crippen LogP contribution in [0.25, 0.3) is 0 Å². The lowest BCUT2D eigenvalue weighted by molar-refractivity contribution is 0.0544. The van der Waals surface area contributed by atoms with Crippen molar-refractivity contribution in [3.8, 4) is 5.75 Å². The highest BCUT2D eigenvalue weighted by Gasteiger charge is 2.42. The van der Waals surface area contributed by atoms with Gasteiger partial charge in [-0.25, -0.2) is 13.2 Å². The number of amides is 2. The smallest absolute Gasteiger partial charge is 0.274 e. The van der Waals surface area contributed by atoms with Crippen LogP contribution in [-0.2, 0) is 6.54 Å². The number of fused-ring (bicyclic) bond motifs is 4.